The lowest BCUT2D eigenvalue weighted by atomic mass is 9.86. The molecular formula is C7H12O6. The number of aliphatic hydroxyl groups is 4. The molecule has 0 amide bonds. The highest BCUT2D eigenvalue weighted by Gasteiger charge is 2.53. The minimum Gasteiger partial charge on any atom is -0.387 e. The van der Waals surface area contributed by atoms with Gasteiger partial charge in [-0.3, -0.25) is 4.79 Å². The molecule has 0 aromatic carbocycles. The average Bonchev–Trinajstić information content (AvgIpc) is 2.12. The molecule has 6 heteroatoms. The van der Waals surface area contributed by atoms with Gasteiger partial charge in [-0.15, -0.1) is 0 Å². The number of carbonyl (C=O) groups is 1. The average molecular weight is 192 g/mol. The Balaban J connectivity index is 2.94. The van der Waals surface area contributed by atoms with Crippen molar-refractivity contribution < 1.29 is 30.0 Å². The summed E-state index contributed by atoms with van der Waals surface area (Å²) in [5.74, 6) is 0. The number of hydrogen-bond acceptors (Lipinski definition) is 6. The molecule has 1 rings (SSSR count). The second-order valence-corrected chi connectivity index (χ2v) is 3.13. The van der Waals surface area contributed by atoms with Crippen LogP contribution >= 0.6 is 0 Å². The second kappa shape index (κ2) is 3.32. The van der Waals surface area contributed by atoms with E-state index in [-0.39, 0.29) is 6.29 Å². The van der Waals surface area contributed by atoms with E-state index in [1.54, 1.807) is 0 Å². The summed E-state index contributed by atoms with van der Waals surface area (Å²) in [5.41, 5.74) is -2.36. The fourth-order valence-corrected chi connectivity index (χ4v) is 1.29. The monoisotopic (exact) mass is 192 g/mol. The quantitative estimate of drug-likeness (QED) is 0.339. The van der Waals surface area contributed by atoms with E-state index in [2.05, 4.69) is 4.74 Å². The largest absolute Gasteiger partial charge is 0.387 e. The van der Waals surface area contributed by atoms with E-state index in [0.29, 0.717) is 0 Å². The minimum absolute atomic E-state index is 0.00454. The summed E-state index contributed by atoms with van der Waals surface area (Å²) in [5, 5.41) is 37.0. The Bertz CT molecular complexity index is 191. The smallest absolute Gasteiger partial charge is 0.184 e. The molecule has 13 heavy (non-hydrogen) atoms. The summed E-state index contributed by atoms with van der Waals surface area (Å²) >= 11 is 0. The zero-order chi connectivity index (χ0) is 10.2. The summed E-state index contributed by atoms with van der Waals surface area (Å²) < 4.78 is 4.64. The maximum atomic E-state index is 10.5. The Hall–Kier alpha value is -0.530. The fourth-order valence-electron chi connectivity index (χ4n) is 1.29. The predicted octanol–water partition coefficient (Wildman–Crippen LogP) is -2.62. The van der Waals surface area contributed by atoms with Crippen molar-refractivity contribution in [1.82, 2.24) is 0 Å². The molecule has 1 aliphatic rings. The molecule has 1 saturated heterocycles. The normalized spacial score (nSPS) is 51.8. The van der Waals surface area contributed by atoms with Gasteiger partial charge in [0.1, 0.15) is 12.2 Å². The number of carbonyl (C=O) groups excluding carboxylic acids is 1. The highest BCUT2D eigenvalue weighted by Crippen LogP contribution is 2.27. The van der Waals surface area contributed by atoms with Crippen LogP contribution in [0.4, 0.5) is 0 Å². The van der Waals surface area contributed by atoms with E-state index in [4.69, 9.17) is 10.2 Å². The number of aldehydes is 1. The second-order valence-electron chi connectivity index (χ2n) is 3.13. The van der Waals surface area contributed by atoms with Gasteiger partial charge in [0.15, 0.2) is 18.2 Å². The van der Waals surface area contributed by atoms with Crippen LogP contribution in [0.3, 0.4) is 0 Å². The molecule has 1 fully saturated rings. The Morgan fingerprint density at radius 2 is 1.85 bits per heavy atom. The lowest BCUT2D eigenvalue weighted by molar-refractivity contribution is -0.300. The van der Waals surface area contributed by atoms with Gasteiger partial charge >= 0.3 is 0 Å². The van der Waals surface area contributed by atoms with Crippen LogP contribution in [0.25, 0.3) is 0 Å². The topological polar surface area (TPSA) is 107 Å². The van der Waals surface area contributed by atoms with E-state index in [1.807, 2.05) is 0 Å². The molecule has 4 N–H and O–H groups in total. The first kappa shape index (κ1) is 10.6. The van der Waals surface area contributed by atoms with Gasteiger partial charge < -0.3 is 25.2 Å². The number of ether oxygens (including phenoxy) is 1. The zero-order valence-electron chi connectivity index (χ0n) is 6.99. The van der Waals surface area contributed by atoms with Gasteiger partial charge in [-0.1, -0.05) is 0 Å². The van der Waals surface area contributed by atoms with Crippen LogP contribution in [-0.2, 0) is 9.53 Å². The summed E-state index contributed by atoms with van der Waals surface area (Å²) in [6.07, 6.45) is -5.98. The molecule has 76 valence electrons. The molecule has 0 radical (unpaired) electrons. The summed E-state index contributed by atoms with van der Waals surface area (Å²) in [7, 11) is 0. The number of hydrogen-bond donors (Lipinski definition) is 4. The van der Waals surface area contributed by atoms with E-state index >= 15 is 0 Å². The third kappa shape index (κ3) is 1.47. The van der Waals surface area contributed by atoms with Crippen LogP contribution in [0.5, 0.6) is 0 Å². The van der Waals surface area contributed by atoms with E-state index in [9.17, 15) is 15.0 Å². The lowest BCUT2D eigenvalue weighted by Crippen LogP contribution is -2.66. The first-order chi connectivity index (χ1) is 5.93. The third-order valence-electron chi connectivity index (χ3n) is 2.21. The van der Waals surface area contributed by atoms with Gasteiger partial charge in [0.05, 0.1) is 6.10 Å². The van der Waals surface area contributed by atoms with Crippen LogP contribution in [0, 0.1) is 0 Å². The molecule has 1 aliphatic heterocycles. The minimum atomic E-state index is -2.36. The molecule has 0 aromatic heterocycles. The molecule has 6 nitrogen and oxygen atoms in total. The van der Waals surface area contributed by atoms with Crippen LogP contribution in [0.1, 0.15) is 6.92 Å². The number of rotatable bonds is 1. The van der Waals surface area contributed by atoms with E-state index < -0.39 is 30.2 Å². The molecule has 0 saturated carbocycles. The van der Waals surface area contributed by atoms with Crippen molar-refractivity contribution in [2.24, 2.45) is 0 Å². The van der Waals surface area contributed by atoms with E-state index in [0.717, 1.165) is 0 Å². The molecular weight excluding hydrogens is 180 g/mol. The van der Waals surface area contributed by atoms with Crippen molar-refractivity contribution in [3.63, 3.8) is 0 Å². The summed E-state index contributed by atoms with van der Waals surface area (Å²) in [4.78, 5) is 10.5. The molecule has 0 spiro atoms. The third-order valence-corrected chi connectivity index (χ3v) is 2.21. The zero-order valence-corrected chi connectivity index (χ0v) is 6.99. The fraction of sp³-hybridized carbons (Fsp3) is 0.857. The van der Waals surface area contributed by atoms with Crippen molar-refractivity contribution in [2.45, 2.75) is 37.1 Å². The summed E-state index contributed by atoms with van der Waals surface area (Å²) in [6.45, 7) is 1.37. The summed E-state index contributed by atoms with van der Waals surface area (Å²) in [6, 6.07) is 0. The molecule has 0 aliphatic carbocycles. The standard InChI is InChI=1S/C7H12O6/c1-3-4(9)7(12,2-8)5(10)6(11)13-3/h2-6,9-12H,1H3. The van der Waals surface area contributed by atoms with Crippen LogP contribution < -0.4 is 0 Å². The maximum absolute atomic E-state index is 10.5. The Kier molecular flexibility index (Phi) is 2.69. The predicted molar refractivity (Wildman–Crippen MR) is 39.6 cm³/mol. The van der Waals surface area contributed by atoms with Crippen molar-refractivity contribution >= 4 is 6.29 Å². The highest BCUT2D eigenvalue weighted by atomic mass is 16.6. The lowest BCUT2D eigenvalue weighted by Gasteiger charge is -2.42. The van der Waals surface area contributed by atoms with Gasteiger partial charge in [-0.2, -0.15) is 0 Å². The Morgan fingerprint density at radius 1 is 1.31 bits per heavy atom. The SMILES string of the molecule is CC1OC(O)C(O)C(O)(C=O)C1O. The van der Waals surface area contributed by atoms with Crippen LogP contribution in [0.2, 0.25) is 0 Å². The van der Waals surface area contributed by atoms with E-state index in [1.165, 1.54) is 6.92 Å². The highest BCUT2D eigenvalue weighted by molar-refractivity contribution is 5.65. The molecule has 5 atom stereocenters. The van der Waals surface area contributed by atoms with Gasteiger partial charge in [0.2, 0.25) is 0 Å². The van der Waals surface area contributed by atoms with Crippen LogP contribution in [-0.4, -0.2) is 56.9 Å². The van der Waals surface area contributed by atoms with Gasteiger partial charge in [-0.25, -0.2) is 0 Å². The van der Waals surface area contributed by atoms with Gasteiger partial charge in [0.25, 0.3) is 0 Å². The molecule has 0 aromatic rings. The van der Waals surface area contributed by atoms with Crippen molar-refractivity contribution in [3.8, 4) is 0 Å². The Morgan fingerprint density at radius 3 is 2.31 bits per heavy atom. The first-order valence-electron chi connectivity index (χ1n) is 3.82. The Labute approximate surface area is 74.4 Å². The van der Waals surface area contributed by atoms with Crippen molar-refractivity contribution in [3.05, 3.63) is 0 Å². The number of aliphatic hydroxyl groups excluding tert-OH is 3. The van der Waals surface area contributed by atoms with Gasteiger partial charge in [-0.05, 0) is 6.92 Å². The molecule has 0 bridgehead atoms. The molecule has 1 heterocycles. The van der Waals surface area contributed by atoms with Gasteiger partial charge in [0, 0.05) is 0 Å². The van der Waals surface area contributed by atoms with Crippen LogP contribution in [0.15, 0.2) is 0 Å². The van der Waals surface area contributed by atoms with Crippen molar-refractivity contribution in [1.29, 1.82) is 0 Å². The van der Waals surface area contributed by atoms with Crippen molar-refractivity contribution in [2.75, 3.05) is 0 Å². The maximum Gasteiger partial charge on any atom is 0.184 e. The molecule has 5 unspecified atom stereocenters. The first-order valence-corrected chi connectivity index (χ1v) is 3.82.